The minimum atomic E-state index is -1.25. The molecule has 46 heavy (non-hydrogen) atoms. The highest BCUT2D eigenvalue weighted by Crippen LogP contribution is 2.40. The van der Waals surface area contributed by atoms with Crippen LogP contribution in [0.2, 0.25) is 0 Å². The van der Waals surface area contributed by atoms with Gasteiger partial charge >= 0.3 is 5.97 Å². The lowest BCUT2D eigenvalue weighted by atomic mass is 9.92. The number of carboxylic acids is 1. The van der Waals surface area contributed by atoms with Crippen LogP contribution in [-0.4, -0.2) is 62.7 Å². The van der Waals surface area contributed by atoms with E-state index in [1.165, 1.54) is 6.07 Å². The molecule has 0 amide bonds. The van der Waals surface area contributed by atoms with Gasteiger partial charge in [0.05, 0.1) is 34.1 Å². The highest BCUT2D eigenvalue weighted by atomic mass is 19.1. The predicted octanol–water partition coefficient (Wildman–Crippen LogP) is 7.39. The summed E-state index contributed by atoms with van der Waals surface area (Å²) in [5.41, 5.74) is 3.04. The molecule has 0 spiro atoms. The van der Waals surface area contributed by atoms with Crippen molar-refractivity contribution in [2.24, 2.45) is 0 Å². The average molecular weight is 631 g/mol. The van der Waals surface area contributed by atoms with Crippen LogP contribution in [0.3, 0.4) is 0 Å². The lowest BCUT2D eigenvalue weighted by Crippen LogP contribution is -2.46. The zero-order chi connectivity index (χ0) is 32.8. The predicted molar refractivity (Wildman–Crippen MR) is 175 cm³/mol. The molecule has 6 bridgehead atoms. The van der Waals surface area contributed by atoms with E-state index in [1.54, 1.807) is 16.6 Å². The van der Waals surface area contributed by atoms with Gasteiger partial charge in [0.2, 0.25) is 0 Å². The molecule has 1 fully saturated rings. The van der Waals surface area contributed by atoms with Crippen molar-refractivity contribution in [3.8, 4) is 28.1 Å². The van der Waals surface area contributed by atoms with Crippen molar-refractivity contribution in [3.63, 3.8) is 0 Å². The summed E-state index contributed by atoms with van der Waals surface area (Å²) in [7, 11) is 0. The molecule has 1 N–H and O–H groups in total. The molecule has 4 aromatic rings. The molecule has 5 heterocycles. The van der Waals surface area contributed by atoms with Crippen molar-refractivity contribution in [3.05, 3.63) is 65.6 Å². The maximum atomic E-state index is 15.4. The summed E-state index contributed by atoms with van der Waals surface area (Å²) < 4.78 is 36.1. The number of piperidine rings is 1. The lowest BCUT2D eigenvalue weighted by molar-refractivity contribution is -0.160. The summed E-state index contributed by atoms with van der Waals surface area (Å²) in [6.07, 6.45) is 1.68. The molecule has 1 saturated heterocycles. The Bertz CT molecular complexity index is 1760. The number of rotatable bonds is 3. The van der Waals surface area contributed by atoms with Gasteiger partial charge < -0.3 is 24.2 Å². The second-order valence-corrected chi connectivity index (χ2v) is 13.7. The van der Waals surface area contributed by atoms with Crippen LogP contribution in [0, 0.1) is 12.7 Å². The van der Waals surface area contributed by atoms with Crippen molar-refractivity contribution >= 4 is 17.4 Å². The van der Waals surface area contributed by atoms with E-state index in [0.717, 1.165) is 31.2 Å². The molecule has 2 aromatic carbocycles. The number of carbonyl (C=O) groups is 1. The molecule has 0 radical (unpaired) electrons. The fourth-order valence-corrected chi connectivity index (χ4v) is 6.47. The van der Waals surface area contributed by atoms with Crippen LogP contribution in [-0.2, 0) is 14.3 Å². The number of hydrogen-bond acceptors (Lipinski definition) is 7. The molecule has 3 aliphatic heterocycles. The Kier molecular flexibility index (Phi) is 8.54. The van der Waals surface area contributed by atoms with E-state index in [4.69, 9.17) is 24.3 Å². The normalized spacial score (nSPS) is 21.3. The number of aliphatic carboxylic acids is 1. The molecule has 3 aliphatic rings. The van der Waals surface area contributed by atoms with Crippen molar-refractivity contribution < 1.29 is 28.5 Å². The van der Waals surface area contributed by atoms with E-state index in [9.17, 15) is 9.90 Å². The van der Waals surface area contributed by atoms with E-state index < -0.39 is 17.7 Å². The third-order valence-corrected chi connectivity index (χ3v) is 8.84. The summed E-state index contributed by atoms with van der Waals surface area (Å²) in [5, 5.41) is 15.5. The lowest BCUT2D eigenvalue weighted by Gasteiger charge is -2.41. The van der Waals surface area contributed by atoms with Crippen LogP contribution >= 0.6 is 0 Å². The number of carboxylic acid groups (broad SMARTS) is 1. The summed E-state index contributed by atoms with van der Waals surface area (Å²) in [6.45, 7) is 13.4. The monoisotopic (exact) mass is 630 g/mol. The first-order chi connectivity index (χ1) is 21.8. The number of aromatic nitrogens is 3. The first kappa shape index (κ1) is 31.9. The van der Waals surface area contributed by atoms with Crippen LogP contribution in [0.4, 0.5) is 10.2 Å². The van der Waals surface area contributed by atoms with Crippen LogP contribution < -0.4 is 9.64 Å². The highest BCUT2D eigenvalue weighted by molar-refractivity contribution is 5.80. The third kappa shape index (κ3) is 6.46. The molecule has 2 atom stereocenters. The van der Waals surface area contributed by atoms with Gasteiger partial charge in [-0.25, -0.2) is 14.2 Å². The van der Waals surface area contributed by atoms with Gasteiger partial charge in [0, 0.05) is 37.0 Å². The van der Waals surface area contributed by atoms with Crippen LogP contribution in [0.5, 0.6) is 5.75 Å². The number of fused-ring (bicyclic) bond motifs is 7. The van der Waals surface area contributed by atoms with E-state index in [0.29, 0.717) is 65.0 Å². The Balaban J connectivity index is 1.56. The molecule has 244 valence electrons. The average Bonchev–Trinajstić information content (AvgIpc) is 3.41. The highest BCUT2D eigenvalue weighted by Gasteiger charge is 2.38. The van der Waals surface area contributed by atoms with Gasteiger partial charge in [-0.05, 0) is 91.0 Å². The third-order valence-electron chi connectivity index (χ3n) is 8.84. The minimum absolute atomic E-state index is 0.134. The Morgan fingerprint density at radius 1 is 1.13 bits per heavy atom. The number of halogens is 1. The maximum Gasteiger partial charge on any atom is 0.337 e. The Labute approximate surface area is 269 Å². The largest absolute Gasteiger partial charge is 0.490 e. The second-order valence-electron chi connectivity index (χ2n) is 13.7. The quantitative estimate of drug-likeness (QED) is 0.250. The number of aryl methyl sites for hydroxylation is 1. The first-order valence-electron chi connectivity index (χ1n) is 16.1. The van der Waals surface area contributed by atoms with Crippen LogP contribution in [0.15, 0.2) is 48.5 Å². The Morgan fingerprint density at radius 3 is 2.57 bits per heavy atom. The summed E-state index contributed by atoms with van der Waals surface area (Å²) in [6, 6.07) is 14.4. The van der Waals surface area contributed by atoms with Crippen molar-refractivity contribution in [2.75, 3.05) is 24.6 Å². The van der Waals surface area contributed by atoms with Gasteiger partial charge in [-0.1, -0.05) is 24.3 Å². The standard InChI is InChI=1S/C36H43FN4O5/c1-22-10-9-19-44-36(6)15-17-40(18-16-36)33-30(32(34(42)43)46-35(3,4)5)23(2)38-29-21-27(39-41(29)33)24-11-7-12-25(20-24)31-26(37)13-8-14-28(31)45-22/h7-8,11-14,20-22,32H,9-10,15-19H2,1-6H3,(H,42,43). The van der Waals surface area contributed by atoms with E-state index in [2.05, 4.69) is 11.8 Å². The molecule has 7 rings (SSSR count). The van der Waals surface area contributed by atoms with Gasteiger partial charge in [-0.3, -0.25) is 0 Å². The summed E-state index contributed by atoms with van der Waals surface area (Å²) in [5.74, 6) is -0.320. The van der Waals surface area contributed by atoms with Gasteiger partial charge in [-0.2, -0.15) is 9.61 Å². The molecule has 0 saturated carbocycles. The van der Waals surface area contributed by atoms with Gasteiger partial charge in [0.25, 0.3) is 0 Å². The van der Waals surface area contributed by atoms with Crippen molar-refractivity contribution in [1.82, 2.24) is 14.6 Å². The molecule has 9 nitrogen and oxygen atoms in total. The van der Waals surface area contributed by atoms with Gasteiger partial charge in [0.15, 0.2) is 11.8 Å². The molecular formula is C36H43FN4O5. The number of ether oxygens (including phenoxy) is 3. The van der Waals surface area contributed by atoms with E-state index >= 15 is 4.39 Å². The fraction of sp³-hybridized carbons (Fsp3) is 0.472. The van der Waals surface area contributed by atoms with Crippen LogP contribution in [0.1, 0.15) is 77.7 Å². The summed E-state index contributed by atoms with van der Waals surface area (Å²) >= 11 is 0. The number of hydrogen-bond donors (Lipinski definition) is 1. The Hall–Kier alpha value is -4.02. The molecule has 2 unspecified atom stereocenters. The summed E-state index contributed by atoms with van der Waals surface area (Å²) in [4.78, 5) is 19.8. The zero-order valence-corrected chi connectivity index (χ0v) is 27.5. The maximum absolute atomic E-state index is 15.4. The van der Waals surface area contributed by atoms with Crippen LogP contribution in [0.25, 0.3) is 28.0 Å². The fourth-order valence-electron chi connectivity index (χ4n) is 6.47. The van der Waals surface area contributed by atoms with E-state index in [1.807, 2.05) is 65.0 Å². The van der Waals surface area contributed by atoms with Gasteiger partial charge in [-0.15, -0.1) is 0 Å². The molecule has 0 aliphatic carbocycles. The Morgan fingerprint density at radius 2 is 1.85 bits per heavy atom. The topological polar surface area (TPSA) is 98.4 Å². The van der Waals surface area contributed by atoms with Crippen molar-refractivity contribution in [2.45, 2.75) is 90.6 Å². The van der Waals surface area contributed by atoms with E-state index in [-0.39, 0.29) is 17.5 Å². The number of anilines is 1. The van der Waals surface area contributed by atoms with Crippen molar-refractivity contribution in [1.29, 1.82) is 0 Å². The number of benzene rings is 2. The molecule has 2 aromatic heterocycles. The number of nitrogens with zero attached hydrogens (tertiary/aromatic N) is 4. The SMILES string of the molecule is Cc1nc2cc3nn2c(c1C(OC(C)(C)C)C(=O)O)N1CCC(C)(CC1)OCCCC(C)Oc1cccc(F)c1-c1cccc-3c1. The van der Waals surface area contributed by atoms with Gasteiger partial charge in [0.1, 0.15) is 17.4 Å². The second kappa shape index (κ2) is 12.3. The minimum Gasteiger partial charge on any atom is -0.490 e. The zero-order valence-electron chi connectivity index (χ0n) is 27.5. The smallest absolute Gasteiger partial charge is 0.337 e. The first-order valence-corrected chi connectivity index (χ1v) is 16.1. The molecular weight excluding hydrogens is 587 g/mol. The molecule has 10 heteroatoms.